The van der Waals surface area contributed by atoms with Gasteiger partial charge in [-0.1, -0.05) is 0 Å². The molecular formula is C9H15NO4S. The molecular weight excluding hydrogens is 218 g/mol. The number of ether oxygens (including phenoxy) is 1. The summed E-state index contributed by atoms with van der Waals surface area (Å²) in [5.41, 5.74) is -0.720. The van der Waals surface area contributed by atoms with E-state index in [0.29, 0.717) is 0 Å². The molecule has 0 bridgehead atoms. The van der Waals surface area contributed by atoms with Crippen LogP contribution in [0.5, 0.6) is 0 Å². The molecule has 0 aromatic rings. The molecule has 0 saturated heterocycles. The lowest BCUT2D eigenvalue weighted by Gasteiger charge is -2.19. The van der Waals surface area contributed by atoms with E-state index in [-0.39, 0.29) is 0 Å². The van der Waals surface area contributed by atoms with Crippen molar-refractivity contribution in [2.75, 3.05) is 5.75 Å². The molecule has 0 N–H and O–H groups in total. The van der Waals surface area contributed by atoms with E-state index in [1.165, 1.54) is 6.92 Å². The van der Waals surface area contributed by atoms with Crippen molar-refractivity contribution in [1.29, 1.82) is 5.26 Å². The molecule has 0 rings (SSSR count). The zero-order valence-electron chi connectivity index (χ0n) is 9.27. The van der Waals surface area contributed by atoms with Crippen LogP contribution in [0.3, 0.4) is 0 Å². The molecule has 0 radical (unpaired) electrons. The highest BCUT2D eigenvalue weighted by atomic mass is 32.2. The van der Waals surface area contributed by atoms with Crippen molar-refractivity contribution in [3.8, 4) is 6.07 Å². The van der Waals surface area contributed by atoms with Crippen LogP contribution in [-0.2, 0) is 19.4 Å². The molecule has 1 unspecified atom stereocenters. The molecule has 0 aromatic carbocycles. The normalized spacial score (nSPS) is 14.1. The number of esters is 1. The average molecular weight is 233 g/mol. The van der Waals surface area contributed by atoms with Crippen molar-refractivity contribution in [2.24, 2.45) is 0 Å². The topological polar surface area (TPSA) is 84.2 Å². The maximum Gasteiger partial charge on any atom is 0.321 e. The Hall–Kier alpha value is -1.09. The van der Waals surface area contributed by atoms with Gasteiger partial charge in [-0.25, -0.2) is 8.42 Å². The highest BCUT2D eigenvalue weighted by Crippen LogP contribution is 2.09. The van der Waals surface area contributed by atoms with Gasteiger partial charge in [-0.05, 0) is 27.7 Å². The Morgan fingerprint density at radius 2 is 1.93 bits per heavy atom. The zero-order valence-corrected chi connectivity index (χ0v) is 10.1. The first-order chi connectivity index (χ1) is 6.58. The van der Waals surface area contributed by atoms with Gasteiger partial charge in [-0.15, -0.1) is 0 Å². The van der Waals surface area contributed by atoms with Crippen molar-refractivity contribution in [2.45, 2.75) is 38.5 Å². The first-order valence-electron chi connectivity index (χ1n) is 4.41. The van der Waals surface area contributed by atoms with Crippen LogP contribution in [0.4, 0.5) is 0 Å². The van der Waals surface area contributed by atoms with Crippen LogP contribution in [-0.4, -0.2) is 31.0 Å². The Balaban J connectivity index is 4.52. The van der Waals surface area contributed by atoms with Crippen LogP contribution < -0.4 is 0 Å². The minimum Gasteiger partial charge on any atom is -0.459 e. The van der Waals surface area contributed by atoms with Crippen LogP contribution in [0.25, 0.3) is 0 Å². The van der Waals surface area contributed by atoms with Crippen LogP contribution >= 0.6 is 0 Å². The summed E-state index contributed by atoms with van der Waals surface area (Å²) in [4.78, 5) is 11.2. The summed E-state index contributed by atoms with van der Waals surface area (Å²) in [6.45, 7) is 6.17. The summed E-state index contributed by atoms with van der Waals surface area (Å²) in [5.74, 6) is -1.58. The van der Waals surface area contributed by atoms with E-state index in [2.05, 4.69) is 0 Å². The largest absolute Gasteiger partial charge is 0.459 e. The van der Waals surface area contributed by atoms with E-state index in [1.807, 2.05) is 0 Å². The standard InChI is InChI=1S/C9H15NO4S/c1-7(5-10)15(12,13)6-8(11)14-9(2,3)4/h7H,6H2,1-4H3. The van der Waals surface area contributed by atoms with E-state index < -0.39 is 32.4 Å². The molecule has 0 amide bonds. The maximum atomic E-state index is 11.3. The van der Waals surface area contributed by atoms with Gasteiger partial charge in [0.2, 0.25) is 0 Å². The zero-order chi connectivity index (χ0) is 12.3. The lowest BCUT2D eigenvalue weighted by molar-refractivity contribution is -0.151. The summed E-state index contributed by atoms with van der Waals surface area (Å²) < 4.78 is 27.5. The van der Waals surface area contributed by atoms with Gasteiger partial charge in [-0.3, -0.25) is 4.79 Å². The molecule has 86 valence electrons. The fraction of sp³-hybridized carbons (Fsp3) is 0.778. The second-order valence-corrected chi connectivity index (χ2v) is 6.49. The lowest BCUT2D eigenvalue weighted by Crippen LogP contribution is -2.31. The van der Waals surface area contributed by atoms with Gasteiger partial charge in [0.05, 0.1) is 6.07 Å². The first kappa shape index (κ1) is 13.9. The molecule has 0 fully saturated rings. The van der Waals surface area contributed by atoms with E-state index in [1.54, 1.807) is 26.8 Å². The van der Waals surface area contributed by atoms with Crippen LogP contribution in [0.1, 0.15) is 27.7 Å². The summed E-state index contributed by atoms with van der Waals surface area (Å²) in [6.07, 6.45) is 0. The molecule has 0 aromatic heterocycles. The number of nitrogens with zero attached hydrogens (tertiary/aromatic N) is 1. The summed E-state index contributed by atoms with van der Waals surface area (Å²) in [6, 6.07) is 1.58. The third kappa shape index (κ3) is 5.37. The smallest absolute Gasteiger partial charge is 0.321 e. The Bertz CT molecular complexity index is 372. The molecule has 0 heterocycles. The van der Waals surface area contributed by atoms with Crippen molar-refractivity contribution >= 4 is 15.8 Å². The number of sulfone groups is 1. The van der Waals surface area contributed by atoms with Crippen LogP contribution in [0.15, 0.2) is 0 Å². The molecule has 5 nitrogen and oxygen atoms in total. The quantitative estimate of drug-likeness (QED) is 0.668. The van der Waals surface area contributed by atoms with Gasteiger partial charge in [0.25, 0.3) is 0 Å². The van der Waals surface area contributed by atoms with E-state index in [4.69, 9.17) is 10.00 Å². The average Bonchev–Trinajstić information content (AvgIpc) is 1.97. The van der Waals surface area contributed by atoms with Gasteiger partial charge >= 0.3 is 5.97 Å². The third-order valence-electron chi connectivity index (χ3n) is 1.46. The highest BCUT2D eigenvalue weighted by Gasteiger charge is 2.27. The number of carbonyl (C=O) groups is 1. The van der Waals surface area contributed by atoms with E-state index >= 15 is 0 Å². The molecule has 1 atom stereocenters. The molecule has 0 aliphatic rings. The number of carbonyl (C=O) groups excluding carboxylic acids is 1. The van der Waals surface area contributed by atoms with Crippen molar-refractivity contribution in [3.63, 3.8) is 0 Å². The SMILES string of the molecule is CC(C#N)S(=O)(=O)CC(=O)OC(C)(C)C. The number of hydrogen-bond acceptors (Lipinski definition) is 5. The molecule has 0 spiro atoms. The second-order valence-electron chi connectivity index (χ2n) is 4.16. The van der Waals surface area contributed by atoms with Crippen LogP contribution in [0.2, 0.25) is 0 Å². The Kier molecular flexibility index (Phi) is 4.28. The van der Waals surface area contributed by atoms with Gasteiger partial charge in [0.15, 0.2) is 9.84 Å². The minimum absolute atomic E-state index is 0.720. The van der Waals surface area contributed by atoms with Gasteiger partial charge in [0.1, 0.15) is 16.6 Å². The predicted octanol–water partition coefficient (Wildman–Crippen LogP) is 0.655. The molecule has 15 heavy (non-hydrogen) atoms. The lowest BCUT2D eigenvalue weighted by atomic mass is 10.2. The maximum absolute atomic E-state index is 11.3. The highest BCUT2D eigenvalue weighted by molar-refractivity contribution is 7.92. The van der Waals surface area contributed by atoms with Crippen LogP contribution in [0, 0.1) is 11.3 Å². The van der Waals surface area contributed by atoms with Crippen molar-refractivity contribution in [3.05, 3.63) is 0 Å². The molecule has 0 aliphatic heterocycles. The van der Waals surface area contributed by atoms with Gasteiger partial charge in [-0.2, -0.15) is 5.26 Å². The molecule has 6 heteroatoms. The summed E-state index contributed by atoms with van der Waals surface area (Å²) in [7, 11) is -3.72. The van der Waals surface area contributed by atoms with Gasteiger partial charge in [0, 0.05) is 0 Å². The minimum atomic E-state index is -3.72. The van der Waals surface area contributed by atoms with E-state index in [9.17, 15) is 13.2 Å². The number of rotatable bonds is 3. The first-order valence-corrected chi connectivity index (χ1v) is 6.13. The van der Waals surface area contributed by atoms with Gasteiger partial charge < -0.3 is 4.74 Å². The fourth-order valence-electron chi connectivity index (χ4n) is 0.741. The van der Waals surface area contributed by atoms with Crippen molar-refractivity contribution in [1.82, 2.24) is 0 Å². The Morgan fingerprint density at radius 3 is 2.27 bits per heavy atom. The second kappa shape index (κ2) is 4.62. The predicted molar refractivity (Wildman–Crippen MR) is 54.7 cm³/mol. The van der Waals surface area contributed by atoms with Crippen molar-refractivity contribution < 1.29 is 17.9 Å². The number of hydrogen-bond donors (Lipinski definition) is 0. The summed E-state index contributed by atoms with van der Waals surface area (Å²) >= 11 is 0. The number of nitriles is 1. The molecule has 0 saturated carbocycles. The van der Waals surface area contributed by atoms with E-state index in [0.717, 1.165) is 0 Å². The Morgan fingerprint density at radius 1 is 1.47 bits per heavy atom. The monoisotopic (exact) mass is 233 g/mol. The summed E-state index contributed by atoms with van der Waals surface area (Å²) in [5, 5.41) is 7.24. The Labute approximate surface area is 90.0 Å². The molecule has 0 aliphatic carbocycles. The third-order valence-corrected chi connectivity index (χ3v) is 3.28. The fourth-order valence-corrected chi connectivity index (χ4v) is 1.54.